The molecule has 1 saturated carbocycles. The molecule has 0 atom stereocenters. The lowest BCUT2D eigenvalue weighted by Crippen LogP contribution is -2.42. The molecule has 0 saturated heterocycles. The van der Waals surface area contributed by atoms with Gasteiger partial charge in [-0.15, -0.1) is 0 Å². The van der Waals surface area contributed by atoms with Gasteiger partial charge in [-0.3, -0.25) is 0 Å². The smallest absolute Gasteiger partial charge is 0.138 e. The lowest BCUT2D eigenvalue weighted by Gasteiger charge is -2.37. The Morgan fingerprint density at radius 2 is 1.73 bits per heavy atom. The van der Waals surface area contributed by atoms with Crippen LogP contribution in [0, 0.1) is 0 Å². The number of benzene rings is 1. The van der Waals surface area contributed by atoms with Crippen LogP contribution < -0.4 is 5.32 Å². The average Bonchev–Trinajstić information content (AvgIpc) is 2.32. The highest BCUT2D eigenvalue weighted by atomic mass is 16.5. The molecule has 0 unspecified atom stereocenters. The monoisotopic (exact) mass is 205 g/mol. The number of anilines is 1. The first-order valence-electron chi connectivity index (χ1n) is 5.73. The second-order valence-electron chi connectivity index (χ2n) is 4.25. The van der Waals surface area contributed by atoms with Crippen LogP contribution in [0.25, 0.3) is 0 Å². The minimum absolute atomic E-state index is 0.125. The zero-order valence-corrected chi connectivity index (χ0v) is 9.33. The van der Waals surface area contributed by atoms with Crippen molar-refractivity contribution in [2.24, 2.45) is 0 Å². The van der Waals surface area contributed by atoms with Crippen molar-refractivity contribution < 1.29 is 4.74 Å². The Morgan fingerprint density at radius 3 is 2.33 bits per heavy atom. The molecule has 82 valence electrons. The quantitative estimate of drug-likeness (QED) is 0.763. The first-order valence-corrected chi connectivity index (χ1v) is 5.73. The van der Waals surface area contributed by atoms with Crippen molar-refractivity contribution in [3.8, 4) is 0 Å². The Bertz CT molecular complexity index is 291. The Balaban J connectivity index is 2.07. The predicted molar refractivity (Wildman–Crippen MR) is 62.9 cm³/mol. The van der Waals surface area contributed by atoms with E-state index in [0.29, 0.717) is 0 Å². The van der Waals surface area contributed by atoms with Crippen LogP contribution in [0.5, 0.6) is 0 Å². The fourth-order valence-corrected chi connectivity index (χ4v) is 2.29. The third-order valence-electron chi connectivity index (χ3n) is 3.20. The van der Waals surface area contributed by atoms with Crippen molar-refractivity contribution >= 4 is 5.69 Å². The molecule has 0 heterocycles. The highest BCUT2D eigenvalue weighted by Crippen LogP contribution is 2.31. The van der Waals surface area contributed by atoms with Crippen molar-refractivity contribution in [1.82, 2.24) is 0 Å². The second kappa shape index (κ2) is 4.67. The minimum Gasteiger partial charge on any atom is -0.359 e. The lowest BCUT2D eigenvalue weighted by molar-refractivity contribution is -0.0150. The third kappa shape index (κ3) is 2.51. The number of hydrogen-bond donors (Lipinski definition) is 1. The summed E-state index contributed by atoms with van der Waals surface area (Å²) in [7, 11) is 1.81. The molecule has 0 radical (unpaired) electrons. The van der Waals surface area contributed by atoms with Crippen LogP contribution in [0.15, 0.2) is 30.3 Å². The summed E-state index contributed by atoms with van der Waals surface area (Å²) in [6.45, 7) is 0. The van der Waals surface area contributed by atoms with Crippen LogP contribution in [-0.2, 0) is 4.74 Å². The molecule has 0 bridgehead atoms. The van der Waals surface area contributed by atoms with Crippen molar-refractivity contribution in [3.05, 3.63) is 30.3 Å². The van der Waals surface area contributed by atoms with Crippen LogP contribution in [0.2, 0.25) is 0 Å². The molecule has 1 aromatic carbocycles. The number of methoxy groups -OCH3 is 1. The molecule has 0 amide bonds. The van der Waals surface area contributed by atoms with E-state index < -0.39 is 0 Å². The highest BCUT2D eigenvalue weighted by molar-refractivity contribution is 5.44. The molecule has 1 fully saturated rings. The fourth-order valence-electron chi connectivity index (χ4n) is 2.29. The standard InChI is InChI=1S/C13H19NO/c1-15-13(10-6-3-7-11-13)14-12-8-4-2-5-9-12/h2,4-5,8-9,14H,3,6-7,10-11H2,1H3. The summed E-state index contributed by atoms with van der Waals surface area (Å²) in [6, 6.07) is 10.3. The van der Waals surface area contributed by atoms with E-state index in [4.69, 9.17) is 4.74 Å². The number of para-hydroxylation sites is 1. The van der Waals surface area contributed by atoms with Crippen molar-refractivity contribution in [1.29, 1.82) is 0 Å². The first kappa shape index (κ1) is 10.5. The van der Waals surface area contributed by atoms with Gasteiger partial charge in [0.05, 0.1) is 0 Å². The SMILES string of the molecule is COC1(Nc2ccccc2)CCCCC1. The zero-order chi connectivity index (χ0) is 10.6. The maximum atomic E-state index is 5.67. The summed E-state index contributed by atoms with van der Waals surface area (Å²) in [5.41, 5.74) is 1.03. The van der Waals surface area contributed by atoms with E-state index in [2.05, 4.69) is 29.6 Å². The normalized spacial score (nSPS) is 19.8. The van der Waals surface area contributed by atoms with Gasteiger partial charge < -0.3 is 10.1 Å². The molecule has 15 heavy (non-hydrogen) atoms. The van der Waals surface area contributed by atoms with Gasteiger partial charge in [0.2, 0.25) is 0 Å². The van der Waals surface area contributed by atoms with Gasteiger partial charge in [-0.2, -0.15) is 0 Å². The van der Waals surface area contributed by atoms with Crippen LogP contribution in [-0.4, -0.2) is 12.8 Å². The van der Waals surface area contributed by atoms with Crippen molar-refractivity contribution in [2.45, 2.75) is 37.8 Å². The molecule has 0 aliphatic heterocycles. The molecular weight excluding hydrogens is 186 g/mol. The van der Waals surface area contributed by atoms with E-state index >= 15 is 0 Å². The lowest BCUT2D eigenvalue weighted by atomic mass is 9.91. The van der Waals surface area contributed by atoms with Gasteiger partial charge in [-0.05, 0) is 37.8 Å². The Labute approximate surface area is 91.6 Å². The number of nitrogens with one attached hydrogen (secondary N) is 1. The maximum Gasteiger partial charge on any atom is 0.138 e. The molecule has 1 aromatic rings. The summed E-state index contributed by atoms with van der Waals surface area (Å²) in [4.78, 5) is 0. The molecule has 1 aliphatic rings. The van der Waals surface area contributed by atoms with Crippen LogP contribution in [0.1, 0.15) is 32.1 Å². The number of ether oxygens (including phenoxy) is 1. The molecule has 0 aromatic heterocycles. The van der Waals surface area contributed by atoms with Gasteiger partial charge in [0.15, 0.2) is 0 Å². The molecule has 1 N–H and O–H groups in total. The fraction of sp³-hybridized carbons (Fsp3) is 0.538. The first-order chi connectivity index (χ1) is 7.35. The molecule has 2 nitrogen and oxygen atoms in total. The van der Waals surface area contributed by atoms with Gasteiger partial charge in [-0.25, -0.2) is 0 Å². The summed E-state index contributed by atoms with van der Waals surface area (Å²) in [5, 5.41) is 3.52. The number of hydrogen-bond acceptors (Lipinski definition) is 2. The predicted octanol–water partition coefficient (Wildman–Crippen LogP) is 3.41. The van der Waals surface area contributed by atoms with Crippen LogP contribution in [0.4, 0.5) is 5.69 Å². The minimum atomic E-state index is -0.125. The largest absolute Gasteiger partial charge is 0.359 e. The van der Waals surface area contributed by atoms with Gasteiger partial charge >= 0.3 is 0 Å². The van der Waals surface area contributed by atoms with E-state index in [-0.39, 0.29) is 5.72 Å². The van der Waals surface area contributed by atoms with Crippen molar-refractivity contribution in [3.63, 3.8) is 0 Å². The molecule has 1 aliphatic carbocycles. The molecular formula is C13H19NO. The van der Waals surface area contributed by atoms with Gasteiger partial charge in [0.25, 0.3) is 0 Å². The van der Waals surface area contributed by atoms with Gasteiger partial charge in [0, 0.05) is 12.8 Å². The Hall–Kier alpha value is -1.02. The zero-order valence-electron chi connectivity index (χ0n) is 9.33. The van der Waals surface area contributed by atoms with E-state index in [0.717, 1.165) is 18.5 Å². The molecule has 2 rings (SSSR count). The molecule has 2 heteroatoms. The topological polar surface area (TPSA) is 21.3 Å². The van der Waals surface area contributed by atoms with E-state index in [1.807, 2.05) is 6.07 Å². The Morgan fingerprint density at radius 1 is 1.07 bits per heavy atom. The van der Waals surface area contributed by atoms with E-state index in [1.165, 1.54) is 19.3 Å². The summed E-state index contributed by atoms with van der Waals surface area (Å²) >= 11 is 0. The van der Waals surface area contributed by atoms with Gasteiger partial charge in [-0.1, -0.05) is 24.6 Å². The third-order valence-corrected chi connectivity index (χ3v) is 3.20. The summed E-state index contributed by atoms with van der Waals surface area (Å²) in [5.74, 6) is 0. The summed E-state index contributed by atoms with van der Waals surface area (Å²) < 4.78 is 5.67. The highest BCUT2D eigenvalue weighted by Gasteiger charge is 2.31. The van der Waals surface area contributed by atoms with E-state index in [9.17, 15) is 0 Å². The second-order valence-corrected chi connectivity index (χ2v) is 4.25. The van der Waals surface area contributed by atoms with Crippen LogP contribution >= 0.6 is 0 Å². The number of rotatable bonds is 3. The van der Waals surface area contributed by atoms with Crippen LogP contribution in [0.3, 0.4) is 0 Å². The van der Waals surface area contributed by atoms with E-state index in [1.54, 1.807) is 7.11 Å². The maximum absolute atomic E-state index is 5.67. The van der Waals surface area contributed by atoms with Crippen molar-refractivity contribution in [2.75, 3.05) is 12.4 Å². The average molecular weight is 205 g/mol. The van der Waals surface area contributed by atoms with Gasteiger partial charge in [0.1, 0.15) is 5.72 Å². The molecule has 0 spiro atoms. The summed E-state index contributed by atoms with van der Waals surface area (Å²) in [6.07, 6.45) is 6.07. The Kier molecular flexibility index (Phi) is 3.27.